The summed E-state index contributed by atoms with van der Waals surface area (Å²) in [6.07, 6.45) is 7.84. The van der Waals surface area contributed by atoms with E-state index in [-0.39, 0.29) is 5.78 Å². The normalized spacial score (nSPS) is 21.1. The van der Waals surface area contributed by atoms with Crippen molar-refractivity contribution in [3.8, 4) is 0 Å². The zero-order chi connectivity index (χ0) is 12.5. The van der Waals surface area contributed by atoms with Crippen LogP contribution in [-0.4, -0.2) is 20.8 Å². The zero-order valence-corrected chi connectivity index (χ0v) is 10.7. The monoisotopic (exact) mass is 245 g/mol. The summed E-state index contributed by atoms with van der Waals surface area (Å²) in [5.74, 6) is 0.807. The average Bonchev–Trinajstić information content (AvgIpc) is 2.80. The van der Waals surface area contributed by atoms with E-state index in [2.05, 4.69) is 16.9 Å². The molecule has 0 amide bonds. The third-order valence-electron chi connectivity index (χ3n) is 4.14. The van der Waals surface area contributed by atoms with Gasteiger partial charge in [0.15, 0.2) is 11.5 Å². The number of aromatic nitrogens is 3. The Kier molecular flexibility index (Phi) is 3.02. The molecule has 4 heteroatoms. The molecule has 0 aliphatic heterocycles. The van der Waals surface area contributed by atoms with Gasteiger partial charge in [0, 0.05) is 13.0 Å². The molecule has 1 fully saturated rings. The summed E-state index contributed by atoms with van der Waals surface area (Å²) in [6.45, 7) is 4.96. The lowest BCUT2D eigenvalue weighted by atomic mass is 9.89. The highest BCUT2D eigenvalue weighted by Gasteiger charge is 2.27. The van der Waals surface area contributed by atoms with Crippen LogP contribution in [0.2, 0.25) is 0 Å². The number of carbonyl (C=O) groups is 1. The second kappa shape index (κ2) is 4.67. The fourth-order valence-corrected chi connectivity index (χ4v) is 3.09. The Morgan fingerprint density at radius 1 is 1.22 bits per heavy atom. The van der Waals surface area contributed by atoms with Crippen LogP contribution < -0.4 is 0 Å². The number of hydrogen-bond acceptors (Lipinski definition) is 3. The van der Waals surface area contributed by atoms with E-state index in [1.807, 2.05) is 4.68 Å². The lowest BCUT2D eigenvalue weighted by molar-refractivity contribution is 0.0975. The number of allylic oxidation sites excluding steroid dienone is 1. The summed E-state index contributed by atoms with van der Waals surface area (Å²) in [7, 11) is 0. The molecule has 18 heavy (non-hydrogen) atoms. The van der Waals surface area contributed by atoms with Gasteiger partial charge in [-0.15, -0.1) is 5.10 Å². The standard InChI is InChI=1S/C14H19N3O/c1-10-7-8-12(18)13-14(10)17(16-15-13)9-11-5-3-2-4-6-11/h11H,1-9H2. The van der Waals surface area contributed by atoms with E-state index in [0.717, 1.165) is 24.2 Å². The molecule has 1 aromatic heterocycles. The Morgan fingerprint density at radius 2 is 2.00 bits per heavy atom. The molecule has 2 aliphatic rings. The quantitative estimate of drug-likeness (QED) is 0.805. The third-order valence-corrected chi connectivity index (χ3v) is 4.14. The topological polar surface area (TPSA) is 47.8 Å². The molecule has 2 aliphatic carbocycles. The summed E-state index contributed by atoms with van der Waals surface area (Å²) in [5, 5.41) is 8.23. The molecule has 3 rings (SSSR count). The maximum Gasteiger partial charge on any atom is 0.185 e. The van der Waals surface area contributed by atoms with E-state index in [1.54, 1.807) is 0 Å². The van der Waals surface area contributed by atoms with Gasteiger partial charge >= 0.3 is 0 Å². The molecule has 0 spiro atoms. The van der Waals surface area contributed by atoms with Crippen LogP contribution in [0.4, 0.5) is 0 Å². The molecule has 0 N–H and O–H groups in total. The molecule has 1 heterocycles. The number of hydrogen-bond donors (Lipinski definition) is 0. The van der Waals surface area contributed by atoms with Crippen molar-refractivity contribution in [1.82, 2.24) is 15.0 Å². The van der Waals surface area contributed by atoms with Crippen molar-refractivity contribution in [1.29, 1.82) is 0 Å². The molecular weight excluding hydrogens is 226 g/mol. The van der Waals surface area contributed by atoms with Crippen molar-refractivity contribution in [2.75, 3.05) is 0 Å². The average molecular weight is 245 g/mol. The molecule has 0 atom stereocenters. The molecule has 1 saturated carbocycles. The first-order chi connectivity index (χ1) is 8.75. The van der Waals surface area contributed by atoms with E-state index in [0.29, 0.717) is 18.0 Å². The number of Topliss-reactive ketones (excluding diaryl/α,β-unsaturated/α-hetero) is 1. The number of ketones is 1. The van der Waals surface area contributed by atoms with Crippen molar-refractivity contribution in [2.24, 2.45) is 5.92 Å². The molecule has 4 nitrogen and oxygen atoms in total. The van der Waals surface area contributed by atoms with Gasteiger partial charge in [-0.2, -0.15) is 0 Å². The summed E-state index contributed by atoms with van der Waals surface area (Å²) in [4.78, 5) is 11.8. The Hall–Kier alpha value is -1.45. The van der Waals surface area contributed by atoms with Crippen LogP contribution in [0.15, 0.2) is 6.58 Å². The lowest BCUT2D eigenvalue weighted by Gasteiger charge is -2.22. The second-order valence-corrected chi connectivity index (χ2v) is 5.50. The van der Waals surface area contributed by atoms with Gasteiger partial charge in [-0.1, -0.05) is 31.1 Å². The van der Waals surface area contributed by atoms with Gasteiger partial charge in [0.2, 0.25) is 0 Å². The number of carbonyl (C=O) groups excluding carboxylic acids is 1. The number of rotatable bonds is 2. The van der Waals surface area contributed by atoms with Crippen LogP contribution >= 0.6 is 0 Å². The van der Waals surface area contributed by atoms with Crippen LogP contribution in [0.1, 0.15) is 61.1 Å². The second-order valence-electron chi connectivity index (χ2n) is 5.50. The fourth-order valence-electron chi connectivity index (χ4n) is 3.09. The van der Waals surface area contributed by atoms with Crippen LogP contribution in [0, 0.1) is 5.92 Å². The largest absolute Gasteiger partial charge is 0.292 e. The predicted molar refractivity (Wildman–Crippen MR) is 69.2 cm³/mol. The van der Waals surface area contributed by atoms with Gasteiger partial charge < -0.3 is 0 Å². The SMILES string of the molecule is C=C1CCC(=O)c2nnn(CC3CCCCC3)c21. The third kappa shape index (κ3) is 2.00. The van der Waals surface area contributed by atoms with Gasteiger partial charge in [-0.25, -0.2) is 4.68 Å². The van der Waals surface area contributed by atoms with E-state index >= 15 is 0 Å². The molecule has 0 unspecified atom stereocenters. The molecule has 0 bridgehead atoms. The summed E-state index contributed by atoms with van der Waals surface area (Å²) in [5.41, 5.74) is 2.46. The molecular formula is C14H19N3O. The van der Waals surface area contributed by atoms with Crippen LogP contribution in [0.5, 0.6) is 0 Å². The first-order valence-electron chi connectivity index (χ1n) is 6.90. The summed E-state index contributed by atoms with van der Waals surface area (Å²) < 4.78 is 1.92. The Labute approximate surface area is 107 Å². The Bertz CT molecular complexity index is 483. The predicted octanol–water partition coefficient (Wildman–Crippen LogP) is 2.85. The summed E-state index contributed by atoms with van der Waals surface area (Å²) >= 11 is 0. The van der Waals surface area contributed by atoms with Crippen molar-refractivity contribution in [3.63, 3.8) is 0 Å². The van der Waals surface area contributed by atoms with Gasteiger partial charge in [-0.05, 0) is 30.8 Å². The zero-order valence-electron chi connectivity index (χ0n) is 10.7. The fraction of sp³-hybridized carbons (Fsp3) is 0.643. The minimum absolute atomic E-state index is 0.118. The highest BCUT2D eigenvalue weighted by molar-refractivity contribution is 6.01. The molecule has 96 valence electrons. The van der Waals surface area contributed by atoms with Crippen molar-refractivity contribution in [2.45, 2.75) is 51.5 Å². The first-order valence-corrected chi connectivity index (χ1v) is 6.90. The molecule has 1 aromatic rings. The highest BCUT2D eigenvalue weighted by atomic mass is 16.1. The Balaban J connectivity index is 1.84. The number of nitrogens with zero attached hydrogens (tertiary/aromatic N) is 3. The molecule has 0 saturated heterocycles. The van der Waals surface area contributed by atoms with Gasteiger partial charge in [0.25, 0.3) is 0 Å². The highest BCUT2D eigenvalue weighted by Crippen LogP contribution is 2.30. The van der Waals surface area contributed by atoms with Gasteiger partial charge in [-0.3, -0.25) is 4.79 Å². The summed E-state index contributed by atoms with van der Waals surface area (Å²) in [6, 6.07) is 0. The van der Waals surface area contributed by atoms with Crippen LogP contribution in [0.3, 0.4) is 0 Å². The number of fused-ring (bicyclic) bond motifs is 1. The van der Waals surface area contributed by atoms with E-state index < -0.39 is 0 Å². The van der Waals surface area contributed by atoms with Crippen LogP contribution in [-0.2, 0) is 6.54 Å². The van der Waals surface area contributed by atoms with Gasteiger partial charge in [0.1, 0.15) is 0 Å². The molecule has 0 radical (unpaired) electrons. The maximum atomic E-state index is 11.8. The molecule has 0 aromatic carbocycles. The van der Waals surface area contributed by atoms with Crippen molar-refractivity contribution in [3.05, 3.63) is 18.0 Å². The van der Waals surface area contributed by atoms with Crippen molar-refractivity contribution < 1.29 is 4.79 Å². The maximum absolute atomic E-state index is 11.8. The minimum Gasteiger partial charge on any atom is -0.292 e. The smallest absolute Gasteiger partial charge is 0.185 e. The van der Waals surface area contributed by atoms with Gasteiger partial charge in [0.05, 0.1) is 5.69 Å². The van der Waals surface area contributed by atoms with Crippen LogP contribution in [0.25, 0.3) is 5.57 Å². The van der Waals surface area contributed by atoms with E-state index in [1.165, 1.54) is 32.1 Å². The van der Waals surface area contributed by atoms with E-state index in [9.17, 15) is 4.79 Å². The first kappa shape index (κ1) is 11.6. The van der Waals surface area contributed by atoms with Crippen molar-refractivity contribution >= 4 is 11.4 Å². The lowest BCUT2D eigenvalue weighted by Crippen LogP contribution is -2.18. The Morgan fingerprint density at radius 3 is 2.78 bits per heavy atom. The minimum atomic E-state index is 0.118. The van der Waals surface area contributed by atoms with E-state index in [4.69, 9.17) is 0 Å².